The van der Waals surface area contributed by atoms with Crippen molar-refractivity contribution in [3.8, 4) is 0 Å². The van der Waals surface area contributed by atoms with E-state index < -0.39 is 6.04 Å². The van der Waals surface area contributed by atoms with Gasteiger partial charge >= 0.3 is 0 Å². The van der Waals surface area contributed by atoms with Crippen LogP contribution >= 0.6 is 0 Å². The Morgan fingerprint density at radius 2 is 2.04 bits per heavy atom. The second kappa shape index (κ2) is 7.17. The van der Waals surface area contributed by atoms with E-state index in [0.29, 0.717) is 6.04 Å². The van der Waals surface area contributed by atoms with Gasteiger partial charge in [-0.1, -0.05) is 0 Å². The third-order valence-electron chi connectivity index (χ3n) is 4.66. The van der Waals surface area contributed by atoms with Crippen molar-refractivity contribution in [2.24, 2.45) is 5.92 Å². The zero-order valence-corrected chi connectivity index (χ0v) is 13.6. The molecule has 2 fully saturated rings. The van der Waals surface area contributed by atoms with E-state index in [1.54, 1.807) is 19.1 Å². The molecule has 126 valence electrons. The molecular formula is C17H25N3O3. The van der Waals surface area contributed by atoms with E-state index in [1.807, 2.05) is 4.90 Å². The van der Waals surface area contributed by atoms with Crippen molar-refractivity contribution in [2.75, 3.05) is 19.6 Å². The average molecular weight is 319 g/mol. The van der Waals surface area contributed by atoms with E-state index in [1.165, 1.54) is 19.1 Å². The maximum absolute atomic E-state index is 12.4. The normalized spacial score (nSPS) is 20.3. The second-order valence-electron chi connectivity index (χ2n) is 6.62. The summed E-state index contributed by atoms with van der Waals surface area (Å²) in [5.41, 5.74) is 0. The minimum Gasteiger partial charge on any atom is -0.459 e. The third kappa shape index (κ3) is 4.34. The molecule has 0 aromatic carbocycles. The van der Waals surface area contributed by atoms with Crippen molar-refractivity contribution in [1.82, 2.24) is 15.5 Å². The molecule has 1 saturated heterocycles. The fraction of sp³-hybridized carbons (Fsp3) is 0.647. The number of carbonyl (C=O) groups excluding carboxylic acids is 2. The van der Waals surface area contributed by atoms with Crippen LogP contribution in [0.5, 0.6) is 0 Å². The standard InChI is InChI=1S/C17H25N3O3/c1-12(19-16(21)15-3-2-10-23-15)17(22)20-8-6-14(7-9-20)18-11-13-4-5-13/h2-3,10,12-14,18H,4-9,11H2,1H3,(H,19,21). The van der Waals surface area contributed by atoms with Gasteiger partial charge in [0.15, 0.2) is 5.76 Å². The van der Waals surface area contributed by atoms with Crippen LogP contribution < -0.4 is 10.6 Å². The highest BCUT2D eigenvalue weighted by molar-refractivity contribution is 5.95. The van der Waals surface area contributed by atoms with Crippen molar-refractivity contribution in [2.45, 2.75) is 44.7 Å². The Balaban J connectivity index is 1.41. The maximum Gasteiger partial charge on any atom is 0.287 e. The Morgan fingerprint density at radius 3 is 2.65 bits per heavy atom. The topological polar surface area (TPSA) is 74.6 Å². The molecule has 0 spiro atoms. The summed E-state index contributed by atoms with van der Waals surface area (Å²) in [7, 11) is 0. The fourth-order valence-electron chi connectivity index (χ4n) is 2.97. The maximum atomic E-state index is 12.4. The van der Waals surface area contributed by atoms with Gasteiger partial charge in [0.1, 0.15) is 6.04 Å². The number of rotatable bonds is 6. The van der Waals surface area contributed by atoms with Crippen molar-refractivity contribution >= 4 is 11.8 Å². The molecule has 2 amide bonds. The Morgan fingerprint density at radius 1 is 1.30 bits per heavy atom. The molecule has 1 aliphatic heterocycles. The summed E-state index contributed by atoms with van der Waals surface area (Å²) in [6, 6.07) is 3.22. The van der Waals surface area contributed by atoms with Crippen molar-refractivity contribution < 1.29 is 14.0 Å². The van der Waals surface area contributed by atoms with Gasteiger partial charge in [-0.2, -0.15) is 0 Å². The lowest BCUT2D eigenvalue weighted by atomic mass is 10.0. The monoisotopic (exact) mass is 319 g/mol. The highest BCUT2D eigenvalue weighted by Crippen LogP contribution is 2.28. The fourth-order valence-corrected chi connectivity index (χ4v) is 2.97. The SMILES string of the molecule is CC(NC(=O)c1ccco1)C(=O)N1CCC(NCC2CC2)CC1. The van der Waals surface area contributed by atoms with Crippen LogP contribution in [0.4, 0.5) is 0 Å². The molecule has 3 rings (SSSR count). The van der Waals surface area contributed by atoms with Crippen LogP contribution in [0.15, 0.2) is 22.8 Å². The molecular weight excluding hydrogens is 294 g/mol. The van der Waals surface area contributed by atoms with Crippen molar-refractivity contribution in [3.63, 3.8) is 0 Å². The predicted octanol–water partition coefficient (Wildman–Crippen LogP) is 1.39. The van der Waals surface area contributed by atoms with E-state index in [4.69, 9.17) is 4.42 Å². The number of likely N-dealkylation sites (tertiary alicyclic amines) is 1. The minimum absolute atomic E-state index is 0.0226. The van der Waals surface area contributed by atoms with Crippen molar-refractivity contribution in [3.05, 3.63) is 24.2 Å². The summed E-state index contributed by atoms with van der Waals surface area (Å²) in [6.07, 6.45) is 6.13. The number of furan rings is 1. The predicted molar refractivity (Wildman–Crippen MR) is 86.0 cm³/mol. The van der Waals surface area contributed by atoms with Gasteiger partial charge in [0.25, 0.3) is 5.91 Å². The molecule has 1 aromatic heterocycles. The molecule has 0 radical (unpaired) electrons. The number of hydrogen-bond donors (Lipinski definition) is 2. The first-order valence-electron chi connectivity index (χ1n) is 8.50. The minimum atomic E-state index is -0.538. The number of nitrogens with zero attached hydrogens (tertiary/aromatic N) is 1. The van der Waals surface area contributed by atoms with E-state index in [-0.39, 0.29) is 17.6 Å². The van der Waals surface area contributed by atoms with E-state index in [2.05, 4.69) is 10.6 Å². The Kier molecular flexibility index (Phi) is 5.00. The first-order chi connectivity index (χ1) is 11.1. The molecule has 6 nitrogen and oxygen atoms in total. The van der Waals surface area contributed by atoms with E-state index in [0.717, 1.165) is 38.4 Å². The van der Waals surface area contributed by atoms with Gasteiger partial charge in [0.05, 0.1) is 6.26 Å². The third-order valence-corrected chi connectivity index (χ3v) is 4.66. The van der Waals surface area contributed by atoms with Gasteiger partial charge < -0.3 is 20.0 Å². The smallest absolute Gasteiger partial charge is 0.287 e. The van der Waals surface area contributed by atoms with Gasteiger partial charge in [0.2, 0.25) is 5.91 Å². The molecule has 2 heterocycles. The molecule has 0 bridgehead atoms. The lowest BCUT2D eigenvalue weighted by Crippen LogP contribution is -2.51. The largest absolute Gasteiger partial charge is 0.459 e. The molecule has 1 unspecified atom stereocenters. The van der Waals surface area contributed by atoms with Gasteiger partial charge in [-0.15, -0.1) is 0 Å². The van der Waals surface area contributed by atoms with E-state index in [9.17, 15) is 9.59 Å². The van der Waals surface area contributed by atoms with Crippen LogP contribution in [0.3, 0.4) is 0 Å². The van der Waals surface area contributed by atoms with Gasteiger partial charge in [-0.05, 0) is 57.2 Å². The lowest BCUT2D eigenvalue weighted by Gasteiger charge is -2.34. The van der Waals surface area contributed by atoms with Crippen molar-refractivity contribution in [1.29, 1.82) is 0 Å². The Hall–Kier alpha value is -1.82. The molecule has 1 saturated carbocycles. The quantitative estimate of drug-likeness (QED) is 0.831. The van der Waals surface area contributed by atoms with Crippen LogP contribution in [0.1, 0.15) is 43.2 Å². The number of amides is 2. The summed E-state index contributed by atoms with van der Waals surface area (Å²) in [5.74, 6) is 0.738. The summed E-state index contributed by atoms with van der Waals surface area (Å²) in [5, 5.41) is 6.30. The van der Waals surface area contributed by atoms with E-state index >= 15 is 0 Å². The van der Waals surface area contributed by atoms with Gasteiger partial charge in [-0.3, -0.25) is 9.59 Å². The number of hydrogen-bond acceptors (Lipinski definition) is 4. The molecule has 2 aliphatic rings. The van der Waals surface area contributed by atoms with Crippen LogP contribution in [-0.2, 0) is 4.79 Å². The molecule has 1 atom stereocenters. The summed E-state index contributed by atoms with van der Waals surface area (Å²) >= 11 is 0. The zero-order valence-electron chi connectivity index (χ0n) is 13.6. The Bertz CT molecular complexity index is 531. The first kappa shape index (κ1) is 16.1. The first-order valence-corrected chi connectivity index (χ1v) is 8.50. The highest BCUT2D eigenvalue weighted by atomic mass is 16.3. The zero-order chi connectivity index (χ0) is 16.2. The summed E-state index contributed by atoms with van der Waals surface area (Å²) < 4.78 is 5.04. The summed E-state index contributed by atoms with van der Waals surface area (Å²) in [6.45, 7) is 4.35. The number of piperidine rings is 1. The molecule has 23 heavy (non-hydrogen) atoms. The highest BCUT2D eigenvalue weighted by Gasteiger charge is 2.28. The number of carbonyl (C=O) groups is 2. The number of nitrogens with one attached hydrogen (secondary N) is 2. The Labute approximate surface area is 136 Å². The van der Waals surface area contributed by atoms with Gasteiger partial charge in [0, 0.05) is 19.1 Å². The second-order valence-corrected chi connectivity index (χ2v) is 6.62. The van der Waals surface area contributed by atoms with Crippen LogP contribution in [0, 0.1) is 5.92 Å². The van der Waals surface area contributed by atoms with Crippen LogP contribution in [0.25, 0.3) is 0 Å². The van der Waals surface area contributed by atoms with Crippen LogP contribution in [0.2, 0.25) is 0 Å². The lowest BCUT2D eigenvalue weighted by molar-refractivity contribution is -0.133. The van der Waals surface area contributed by atoms with Crippen LogP contribution in [-0.4, -0.2) is 48.4 Å². The molecule has 6 heteroatoms. The summed E-state index contributed by atoms with van der Waals surface area (Å²) in [4.78, 5) is 26.2. The average Bonchev–Trinajstić information content (AvgIpc) is 3.23. The molecule has 1 aliphatic carbocycles. The molecule has 2 N–H and O–H groups in total. The molecule has 1 aromatic rings. The van der Waals surface area contributed by atoms with Gasteiger partial charge in [-0.25, -0.2) is 0 Å².